The van der Waals surface area contributed by atoms with E-state index in [1.165, 1.54) is 39.5 Å². The Bertz CT molecular complexity index is 932. The van der Waals surface area contributed by atoms with Crippen LogP contribution in [0.2, 0.25) is 0 Å². The van der Waals surface area contributed by atoms with Crippen molar-refractivity contribution >= 4 is 23.5 Å². The molecule has 10 nitrogen and oxygen atoms in total. The van der Waals surface area contributed by atoms with Gasteiger partial charge in [0, 0.05) is 13.7 Å². The molecule has 2 aromatic carbocycles. The lowest BCUT2D eigenvalue weighted by Gasteiger charge is -2.13. The molecule has 2 rings (SSSR count). The molecule has 0 aromatic heterocycles. The van der Waals surface area contributed by atoms with Gasteiger partial charge in [-0.25, -0.2) is 4.79 Å². The average molecular weight is 446 g/mol. The second-order valence-corrected chi connectivity index (χ2v) is 6.32. The van der Waals surface area contributed by atoms with Crippen LogP contribution in [0, 0.1) is 0 Å². The SMILES string of the molecule is COCCNC(=O)COC(=O)c1ccc(OCC(=O)Nc2ccccc2OC)c(OC)c1. The van der Waals surface area contributed by atoms with Gasteiger partial charge in [-0.15, -0.1) is 0 Å². The highest BCUT2D eigenvalue weighted by Crippen LogP contribution is 2.28. The lowest BCUT2D eigenvalue weighted by molar-refractivity contribution is -0.124. The Labute approximate surface area is 185 Å². The molecule has 0 radical (unpaired) electrons. The number of carbonyl (C=O) groups is 3. The molecule has 2 N–H and O–H groups in total. The predicted octanol–water partition coefficient (Wildman–Crippen LogP) is 1.64. The molecular weight excluding hydrogens is 420 g/mol. The van der Waals surface area contributed by atoms with Gasteiger partial charge in [0.15, 0.2) is 24.7 Å². The first kappa shape index (κ1) is 24.5. The van der Waals surface area contributed by atoms with Crippen LogP contribution in [-0.2, 0) is 19.1 Å². The van der Waals surface area contributed by atoms with Crippen molar-refractivity contribution in [2.24, 2.45) is 0 Å². The van der Waals surface area contributed by atoms with Crippen molar-refractivity contribution in [1.82, 2.24) is 5.32 Å². The normalized spacial score (nSPS) is 10.1. The number of ether oxygens (including phenoxy) is 5. The minimum atomic E-state index is -0.703. The van der Waals surface area contributed by atoms with E-state index in [1.54, 1.807) is 24.3 Å². The summed E-state index contributed by atoms with van der Waals surface area (Å²) in [6.45, 7) is -0.0429. The van der Waals surface area contributed by atoms with E-state index in [1.807, 2.05) is 0 Å². The Kier molecular flexibility index (Phi) is 9.79. The number of carbonyl (C=O) groups excluding carboxylic acids is 3. The Morgan fingerprint density at radius 2 is 1.59 bits per heavy atom. The zero-order valence-corrected chi connectivity index (χ0v) is 18.1. The predicted molar refractivity (Wildman–Crippen MR) is 115 cm³/mol. The zero-order valence-electron chi connectivity index (χ0n) is 18.1. The second-order valence-electron chi connectivity index (χ2n) is 6.32. The maximum atomic E-state index is 12.2. The van der Waals surface area contributed by atoms with E-state index in [4.69, 9.17) is 23.7 Å². The van der Waals surface area contributed by atoms with Crippen LogP contribution in [0.4, 0.5) is 5.69 Å². The third kappa shape index (κ3) is 7.47. The van der Waals surface area contributed by atoms with E-state index in [0.717, 1.165) is 0 Å². The summed E-state index contributed by atoms with van der Waals surface area (Å²) in [6, 6.07) is 11.3. The topological polar surface area (TPSA) is 121 Å². The number of methoxy groups -OCH3 is 3. The number of rotatable bonds is 12. The molecule has 0 fully saturated rings. The van der Waals surface area contributed by atoms with Gasteiger partial charge < -0.3 is 34.3 Å². The highest BCUT2D eigenvalue weighted by atomic mass is 16.5. The van der Waals surface area contributed by atoms with Gasteiger partial charge in [0.25, 0.3) is 11.8 Å². The van der Waals surface area contributed by atoms with Gasteiger partial charge in [0.05, 0.1) is 32.1 Å². The van der Waals surface area contributed by atoms with Crippen LogP contribution in [0.15, 0.2) is 42.5 Å². The molecule has 0 aliphatic carbocycles. The van der Waals surface area contributed by atoms with Crippen molar-refractivity contribution in [3.05, 3.63) is 48.0 Å². The van der Waals surface area contributed by atoms with Gasteiger partial charge in [-0.2, -0.15) is 0 Å². The number of hydrogen-bond acceptors (Lipinski definition) is 8. The van der Waals surface area contributed by atoms with Crippen molar-refractivity contribution in [2.75, 3.05) is 53.0 Å². The Balaban J connectivity index is 1.91. The van der Waals surface area contributed by atoms with Crippen LogP contribution in [0.3, 0.4) is 0 Å². The number of amides is 2. The highest BCUT2D eigenvalue weighted by molar-refractivity contribution is 5.94. The fourth-order valence-corrected chi connectivity index (χ4v) is 2.55. The van der Waals surface area contributed by atoms with Crippen molar-refractivity contribution < 1.29 is 38.1 Å². The van der Waals surface area contributed by atoms with Gasteiger partial charge in [0.2, 0.25) is 0 Å². The smallest absolute Gasteiger partial charge is 0.338 e. The monoisotopic (exact) mass is 446 g/mol. The lowest BCUT2D eigenvalue weighted by atomic mass is 10.2. The maximum Gasteiger partial charge on any atom is 0.338 e. The Morgan fingerprint density at radius 3 is 2.31 bits per heavy atom. The van der Waals surface area contributed by atoms with E-state index in [9.17, 15) is 14.4 Å². The number of nitrogens with one attached hydrogen (secondary N) is 2. The van der Waals surface area contributed by atoms with Crippen molar-refractivity contribution in [2.45, 2.75) is 0 Å². The van der Waals surface area contributed by atoms with Gasteiger partial charge >= 0.3 is 5.97 Å². The standard InChI is InChI=1S/C22H26N2O8/c1-28-11-10-23-20(25)13-32-22(27)15-8-9-18(19(12-15)30-3)31-14-21(26)24-16-6-4-5-7-17(16)29-2/h4-9,12H,10-11,13-14H2,1-3H3,(H,23,25)(H,24,26). The quantitative estimate of drug-likeness (QED) is 0.373. The fraction of sp³-hybridized carbons (Fsp3) is 0.318. The Hall–Kier alpha value is -3.79. The number of benzene rings is 2. The summed E-state index contributed by atoms with van der Waals surface area (Å²) >= 11 is 0. The second kappa shape index (κ2) is 12.8. The molecule has 0 bridgehead atoms. The molecule has 0 aliphatic heterocycles. The van der Waals surface area contributed by atoms with Crippen molar-refractivity contribution in [3.63, 3.8) is 0 Å². The van der Waals surface area contributed by atoms with Crippen LogP contribution in [0.25, 0.3) is 0 Å². The van der Waals surface area contributed by atoms with Crippen LogP contribution in [-0.4, -0.2) is 65.5 Å². The highest BCUT2D eigenvalue weighted by Gasteiger charge is 2.15. The molecule has 0 heterocycles. The number of hydrogen-bond donors (Lipinski definition) is 2. The lowest BCUT2D eigenvalue weighted by Crippen LogP contribution is -2.31. The third-order valence-corrected chi connectivity index (χ3v) is 4.10. The first-order chi connectivity index (χ1) is 15.5. The molecule has 0 atom stereocenters. The molecule has 0 aliphatic rings. The van der Waals surface area contributed by atoms with Crippen LogP contribution >= 0.6 is 0 Å². The minimum Gasteiger partial charge on any atom is -0.495 e. The summed E-state index contributed by atoms with van der Waals surface area (Å²) < 4.78 is 25.7. The molecule has 32 heavy (non-hydrogen) atoms. The maximum absolute atomic E-state index is 12.2. The molecule has 0 saturated heterocycles. The van der Waals surface area contributed by atoms with E-state index in [0.29, 0.717) is 24.6 Å². The molecule has 0 saturated carbocycles. The van der Waals surface area contributed by atoms with E-state index in [-0.39, 0.29) is 23.7 Å². The number of esters is 1. The van der Waals surface area contributed by atoms with Gasteiger partial charge in [-0.05, 0) is 30.3 Å². The van der Waals surface area contributed by atoms with E-state index < -0.39 is 24.4 Å². The van der Waals surface area contributed by atoms with Crippen molar-refractivity contribution in [3.8, 4) is 17.2 Å². The third-order valence-electron chi connectivity index (χ3n) is 4.10. The van der Waals surface area contributed by atoms with Crippen molar-refractivity contribution in [1.29, 1.82) is 0 Å². The summed E-state index contributed by atoms with van der Waals surface area (Å²) in [6.07, 6.45) is 0. The number of anilines is 1. The summed E-state index contributed by atoms with van der Waals surface area (Å²) in [7, 11) is 4.42. The molecule has 2 amide bonds. The first-order valence-electron chi connectivity index (χ1n) is 9.65. The van der Waals surface area contributed by atoms with Gasteiger partial charge in [0.1, 0.15) is 5.75 Å². The van der Waals surface area contributed by atoms with Gasteiger partial charge in [-0.3, -0.25) is 9.59 Å². The van der Waals surface area contributed by atoms with Gasteiger partial charge in [-0.1, -0.05) is 12.1 Å². The largest absolute Gasteiger partial charge is 0.495 e. The van der Waals surface area contributed by atoms with E-state index >= 15 is 0 Å². The summed E-state index contributed by atoms with van der Waals surface area (Å²) in [4.78, 5) is 36.0. The van der Waals surface area contributed by atoms with Crippen LogP contribution in [0.1, 0.15) is 10.4 Å². The molecule has 0 spiro atoms. The fourth-order valence-electron chi connectivity index (χ4n) is 2.55. The first-order valence-corrected chi connectivity index (χ1v) is 9.65. The molecule has 0 unspecified atom stereocenters. The summed E-state index contributed by atoms with van der Waals surface area (Å²) in [5.74, 6) is -0.534. The molecule has 172 valence electrons. The van der Waals surface area contributed by atoms with Crippen LogP contribution < -0.4 is 24.8 Å². The van der Waals surface area contributed by atoms with Crippen LogP contribution in [0.5, 0.6) is 17.2 Å². The molecule has 2 aromatic rings. The molecule has 10 heteroatoms. The summed E-state index contributed by atoms with van der Waals surface area (Å²) in [5.41, 5.74) is 0.678. The Morgan fingerprint density at radius 1 is 0.844 bits per heavy atom. The van der Waals surface area contributed by atoms with E-state index in [2.05, 4.69) is 10.6 Å². The summed E-state index contributed by atoms with van der Waals surface area (Å²) in [5, 5.41) is 5.24. The molecular formula is C22H26N2O8. The average Bonchev–Trinajstić information content (AvgIpc) is 2.81. The zero-order chi connectivity index (χ0) is 23.3. The minimum absolute atomic E-state index is 0.164. The number of para-hydroxylation sites is 2.